The molecule has 0 spiro atoms. The predicted octanol–water partition coefficient (Wildman–Crippen LogP) is 2.65. The van der Waals surface area contributed by atoms with Gasteiger partial charge in [0.2, 0.25) is 10.0 Å². The summed E-state index contributed by atoms with van der Waals surface area (Å²) in [6.07, 6.45) is 3.09. The number of rotatable bonds is 4. The molecule has 1 N–H and O–H groups in total. The first-order valence-electron chi connectivity index (χ1n) is 6.57. The monoisotopic (exact) mass is 267 g/mol. The second-order valence-electron chi connectivity index (χ2n) is 5.27. The smallest absolute Gasteiger partial charge is 0.212 e. The molecule has 0 radical (unpaired) electrons. The molecule has 0 bridgehead atoms. The van der Waals surface area contributed by atoms with Gasteiger partial charge in [-0.1, -0.05) is 36.8 Å². The second-order valence-corrected chi connectivity index (χ2v) is 7.53. The van der Waals surface area contributed by atoms with Gasteiger partial charge in [0.25, 0.3) is 0 Å². The lowest BCUT2D eigenvalue weighted by Gasteiger charge is -2.22. The zero-order chi connectivity index (χ0) is 13.2. The van der Waals surface area contributed by atoms with Gasteiger partial charge in [-0.05, 0) is 32.3 Å². The Hall–Kier alpha value is -0.870. The van der Waals surface area contributed by atoms with Gasteiger partial charge in [0, 0.05) is 12.0 Å². The first kappa shape index (κ1) is 13.6. The molecule has 3 nitrogen and oxygen atoms in total. The lowest BCUT2D eigenvalue weighted by molar-refractivity contribution is 0.519. The molecular weight excluding hydrogens is 246 g/mol. The molecule has 100 valence electrons. The SMILES string of the molecule is CC(C)S(=O)(=O)N[C@@H]1CCC[C@H]1c1ccccc1. The van der Waals surface area contributed by atoms with E-state index in [9.17, 15) is 8.42 Å². The molecule has 1 fully saturated rings. The Morgan fingerprint density at radius 3 is 2.44 bits per heavy atom. The van der Waals surface area contributed by atoms with Gasteiger partial charge in [-0.2, -0.15) is 0 Å². The van der Waals surface area contributed by atoms with Crippen molar-refractivity contribution in [3.63, 3.8) is 0 Å². The van der Waals surface area contributed by atoms with Crippen LogP contribution in [0.2, 0.25) is 0 Å². The molecular formula is C14H21NO2S. The number of sulfonamides is 1. The van der Waals surface area contributed by atoms with Gasteiger partial charge >= 0.3 is 0 Å². The van der Waals surface area contributed by atoms with Gasteiger partial charge in [-0.3, -0.25) is 0 Å². The second kappa shape index (κ2) is 5.41. The molecule has 0 aromatic heterocycles. The topological polar surface area (TPSA) is 46.2 Å². The summed E-state index contributed by atoms with van der Waals surface area (Å²) in [7, 11) is -3.17. The number of benzene rings is 1. The van der Waals surface area contributed by atoms with Gasteiger partial charge in [-0.15, -0.1) is 0 Å². The minimum Gasteiger partial charge on any atom is -0.212 e. The van der Waals surface area contributed by atoms with Crippen LogP contribution in [-0.4, -0.2) is 19.7 Å². The van der Waals surface area contributed by atoms with E-state index in [2.05, 4.69) is 16.9 Å². The fourth-order valence-electron chi connectivity index (χ4n) is 2.55. The van der Waals surface area contributed by atoms with Gasteiger partial charge < -0.3 is 0 Å². The average molecular weight is 267 g/mol. The lowest BCUT2D eigenvalue weighted by atomic mass is 9.95. The molecule has 4 heteroatoms. The van der Waals surface area contributed by atoms with E-state index in [4.69, 9.17) is 0 Å². The molecule has 18 heavy (non-hydrogen) atoms. The van der Waals surface area contributed by atoms with E-state index >= 15 is 0 Å². The van der Waals surface area contributed by atoms with E-state index in [0.29, 0.717) is 5.92 Å². The summed E-state index contributed by atoms with van der Waals surface area (Å²) in [5.41, 5.74) is 1.24. The Bertz CT molecular complexity index is 482. The van der Waals surface area contributed by atoms with Crippen molar-refractivity contribution in [2.75, 3.05) is 0 Å². The summed E-state index contributed by atoms with van der Waals surface area (Å²) in [6, 6.07) is 10.3. The third kappa shape index (κ3) is 2.93. The Labute approximate surface area is 110 Å². The van der Waals surface area contributed by atoms with E-state index < -0.39 is 10.0 Å². The van der Waals surface area contributed by atoms with Crippen molar-refractivity contribution in [2.24, 2.45) is 0 Å². The largest absolute Gasteiger partial charge is 0.214 e. The Kier molecular flexibility index (Phi) is 4.07. The van der Waals surface area contributed by atoms with Gasteiger partial charge in [0.05, 0.1) is 5.25 Å². The third-order valence-electron chi connectivity index (χ3n) is 3.68. The summed E-state index contributed by atoms with van der Waals surface area (Å²) >= 11 is 0. The fraction of sp³-hybridized carbons (Fsp3) is 0.571. The highest BCUT2D eigenvalue weighted by atomic mass is 32.2. The highest BCUT2D eigenvalue weighted by Gasteiger charge is 2.32. The standard InChI is InChI=1S/C14H21NO2S/c1-11(2)18(16,17)15-14-10-6-9-13(14)12-7-4-3-5-8-12/h3-5,7-8,11,13-15H,6,9-10H2,1-2H3/t13-,14+/m0/s1. The molecule has 0 aliphatic heterocycles. The van der Waals surface area contributed by atoms with Crippen LogP contribution in [0.15, 0.2) is 30.3 Å². The van der Waals surface area contributed by atoms with E-state index in [1.54, 1.807) is 13.8 Å². The Balaban J connectivity index is 2.14. The Morgan fingerprint density at radius 2 is 1.83 bits per heavy atom. The van der Waals surface area contributed by atoms with Crippen molar-refractivity contribution in [1.29, 1.82) is 0 Å². The molecule has 0 heterocycles. The molecule has 1 aliphatic carbocycles. The maximum absolute atomic E-state index is 12.0. The molecule has 1 aromatic rings. The van der Waals surface area contributed by atoms with Crippen molar-refractivity contribution in [2.45, 2.75) is 50.3 Å². The quantitative estimate of drug-likeness (QED) is 0.911. The van der Waals surface area contributed by atoms with Crippen molar-refractivity contribution in [1.82, 2.24) is 4.72 Å². The van der Waals surface area contributed by atoms with E-state index in [1.807, 2.05) is 18.2 Å². The zero-order valence-electron chi connectivity index (χ0n) is 11.0. The molecule has 0 unspecified atom stereocenters. The maximum Gasteiger partial charge on any atom is 0.214 e. The van der Waals surface area contributed by atoms with E-state index in [-0.39, 0.29) is 11.3 Å². The maximum atomic E-state index is 12.0. The van der Waals surface area contributed by atoms with Crippen LogP contribution in [0.5, 0.6) is 0 Å². The first-order chi connectivity index (χ1) is 8.50. The summed E-state index contributed by atoms with van der Waals surface area (Å²) in [4.78, 5) is 0. The van der Waals surface area contributed by atoms with Crippen LogP contribution in [-0.2, 0) is 10.0 Å². The summed E-state index contributed by atoms with van der Waals surface area (Å²) in [6.45, 7) is 3.43. The van der Waals surface area contributed by atoms with Crippen molar-refractivity contribution < 1.29 is 8.42 Å². The van der Waals surface area contributed by atoms with Gasteiger partial charge in [-0.25, -0.2) is 13.1 Å². The summed E-state index contributed by atoms with van der Waals surface area (Å²) in [5, 5.41) is -0.366. The van der Waals surface area contributed by atoms with Gasteiger partial charge in [0.1, 0.15) is 0 Å². The van der Waals surface area contributed by atoms with Crippen molar-refractivity contribution in [3.05, 3.63) is 35.9 Å². The normalized spacial score (nSPS) is 24.6. The third-order valence-corrected chi connectivity index (χ3v) is 5.55. The minimum atomic E-state index is -3.17. The molecule has 2 rings (SSSR count). The van der Waals surface area contributed by atoms with Crippen LogP contribution in [0.3, 0.4) is 0 Å². The van der Waals surface area contributed by atoms with Crippen LogP contribution in [0.4, 0.5) is 0 Å². The zero-order valence-corrected chi connectivity index (χ0v) is 11.8. The van der Waals surface area contributed by atoms with Gasteiger partial charge in [0.15, 0.2) is 0 Å². The van der Waals surface area contributed by atoms with Crippen LogP contribution < -0.4 is 4.72 Å². The Morgan fingerprint density at radius 1 is 1.17 bits per heavy atom. The summed E-state index contributed by atoms with van der Waals surface area (Å²) < 4.78 is 26.8. The molecule has 1 saturated carbocycles. The molecule has 0 saturated heterocycles. The highest BCUT2D eigenvalue weighted by Crippen LogP contribution is 2.35. The molecule has 1 aromatic carbocycles. The number of nitrogens with one attached hydrogen (secondary N) is 1. The summed E-state index contributed by atoms with van der Waals surface area (Å²) in [5.74, 6) is 0.319. The first-order valence-corrected chi connectivity index (χ1v) is 8.11. The average Bonchev–Trinajstić information content (AvgIpc) is 2.77. The van der Waals surface area contributed by atoms with Crippen molar-refractivity contribution in [3.8, 4) is 0 Å². The highest BCUT2D eigenvalue weighted by molar-refractivity contribution is 7.90. The molecule has 1 aliphatic rings. The van der Waals surface area contributed by atoms with Crippen LogP contribution in [0.25, 0.3) is 0 Å². The van der Waals surface area contributed by atoms with Crippen LogP contribution in [0.1, 0.15) is 44.6 Å². The molecule has 2 atom stereocenters. The van der Waals surface area contributed by atoms with E-state index in [1.165, 1.54) is 5.56 Å². The molecule has 0 amide bonds. The number of hydrogen-bond acceptors (Lipinski definition) is 2. The fourth-order valence-corrected chi connectivity index (χ4v) is 3.52. The lowest BCUT2D eigenvalue weighted by Crippen LogP contribution is -2.40. The van der Waals surface area contributed by atoms with Crippen molar-refractivity contribution >= 4 is 10.0 Å². The number of hydrogen-bond donors (Lipinski definition) is 1. The van der Waals surface area contributed by atoms with E-state index in [0.717, 1.165) is 19.3 Å². The minimum absolute atomic E-state index is 0.0554. The van der Waals surface area contributed by atoms with Crippen LogP contribution >= 0.6 is 0 Å². The predicted molar refractivity (Wildman–Crippen MR) is 74.0 cm³/mol. The van der Waals surface area contributed by atoms with Crippen LogP contribution in [0, 0.1) is 0 Å².